The van der Waals surface area contributed by atoms with Crippen molar-refractivity contribution < 1.29 is 9.13 Å². The minimum atomic E-state index is -0.266. The van der Waals surface area contributed by atoms with Gasteiger partial charge in [-0.05, 0) is 29.7 Å². The zero-order chi connectivity index (χ0) is 13.7. The van der Waals surface area contributed by atoms with Crippen LogP contribution in [0.25, 0.3) is 0 Å². The van der Waals surface area contributed by atoms with Crippen LogP contribution in [0, 0.1) is 5.82 Å². The molecule has 3 heteroatoms. The summed E-state index contributed by atoms with van der Waals surface area (Å²) in [6.45, 7) is 4.64. The summed E-state index contributed by atoms with van der Waals surface area (Å²) in [5.74, 6) is 0.675. The van der Waals surface area contributed by atoms with Crippen LogP contribution >= 0.6 is 0 Å². The predicted molar refractivity (Wildman–Crippen MR) is 73.9 cm³/mol. The molecular formula is C16H18FNO. The molecule has 0 bridgehead atoms. The fourth-order valence-electron chi connectivity index (χ4n) is 1.92. The van der Waals surface area contributed by atoms with Crippen LogP contribution in [0.2, 0.25) is 0 Å². The molecule has 0 amide bonds. The van der Waals surface area contributed by atoms with Gasteiger partial charge in [-0.2, -0.15) is 0 Å². The van der Waals surface area contributed by atoms with E-state index in [1.807, 2.05) is 18.2 Å². The van der Waals surface area contributed by atoms with Gasteiger partial charge in [0.1, 0.15) is 11.6 Å². The lowest BCUT2D eigenvalue weighted by Crippen LogP contribution is -2.05. The molecule has 1 aromatic heterocycles. The van der Waals surface area contributed by atoms with Crippen molar-refractivity contribution >= 4 is 0 Å². The summed E-state index contributed by atoms with van der Waals surface area (Å²) in [4.78, 5) is 4.23. The first kappa shape index (κ1) is 13.5. The Labute approximate surface area is 113 Å². The first-order chi connectivity index (χ1) is 9.16. The highest BCUT2D eigenvalue weighted by Crippen LogP contribution is 2.27. The molecule has 0 saturated heterocycles. The van der Waals surface area contributed by atoms with E-state index in [4.69, 9.17) is 4.74 Å². The SMILES string of the molecule is CC(C)c1ccc(F)cc1OCCc1ccccn1. The summed E-state index contributed by atoms with van der Waals surface area (Å²) in [6, 6.07) is 10.5. The third-order valence-electron chi connectivity index (χ3n) is 2.94. The van der Waals surface area contributed by atoms with Crippen molar-refractivity contribution in [2.45, 2.75) is 26.2 Å². The Kier molecular flexibility index (Phi) is 4.50. The molecule has 0 aliphatic carbocycles. The van der Waals surface area contributed by atoms with E-state index >= 15 is 0 Å². The molecule has 2 rings (SSSR count). The molecule has 0 spiro atoms. The third kappa shape index (κ3) is 3.78. The van der Waals surface area contributed by atoms with Crippen molar-refractivity contribution in [2.75, 3.05) is 6.61 Å². The zero-order valence-electron chi connectivity index (χ0n) is 11.3. The van der Waals surface area contributed by atoms with E-state index in [1.54, 1.807) is 12.3 Å². The number of pyridine rings is 1. The van der Waals surface area contributed by atoms with Gasteiger partial charge in [0.15, 0.2) is 0 Å². The van der Waals surface area contributed by atoms with Gasteiger partial charge < -0.3 is 4.74 Å². The van der Waals surface area contributed by atoms with Gasteiger partial charge in [-0.15, -0.1) is 0 Å². The standard InChI is InChI=1S/C16H18FNO/c1-12(2)15-7-6-13(17)11-16(15)19-10-8-14-5-3-4-9-18-14/h3-7,9,11-12H,8,10H2,1-2H3. The summed E-state index contributed by atoms with van der Waals surface area (Å²) in [6.07, 6.45) is 2.48. The minimum absolute atomic E-state index is 0.266. The van der Waals surface area contributed by atoms with E-state index in [0.717, 1.165) is 17.7 Å². The zero-order valence-corrected chi connectivity index (χ0v) is 11.3. The van der Waals surface area contributed by atoms with Crippen molar-refractivity contribution in [1.29, 1.82) is 0 Å². The molecule has 0 saturated carbocycles. The molecule has 0 radical (unpaired) electrons. The van der Waals surface area contributed by atoms with Crippen LogP contribution in [-0.4, -0.2) is 11.6 Å². The monoisotopic (exact) mass is 259 g/mol. The molecule has 2 aromatic rings. The van der Waals surface area contributed by atoms with Gasteiger partial charge in [0, 0.05) is 24.4 Å². The highest BCUT2D eigenvalue weighted by atomic mass is 19.1. The molecule has 0 N–H and O–H groups in total. The highest BCUT2D eigenvalue weighted by Gasteiger charge is 2.09. The normalized spacial score (nSPS) is 10.7. The predicted octanol–water partition coefficient (Wildman–Crippen LogP) is 3.97. The van der Waals surface area contributed by atoms with E-state index in [0.29, 0.717) is 18.3 Å². The van der Waals surface area contributed by atoms with Crippen molar-refractivity contribution in [3.05, 3.63) is 59.7 Å². The average molecular weight is 259 g/mol. The van der Waals surface area contributed by atoms with E-state index in [-0.39, 0.29) is 5.82 Å². The molecule has 1 aromatic carbocycles. The van der Waals surface area contributed by atoms with Gasteiger partial charge in [0.05, 0.1) is 6.61 Å². The van der Waals surface area contributed by atoms with Gasteiger partial charge in [0.2, 0.25) is 0 Å². The summed E-state index contributed by atoms with van der Waals surface area (Å²) in [7, 11) is 0. The molecule has 1 heterocycles. The van der Waals surface area contributed by atoms with Crippen LogP contribution in [0.1, 0.15) is 31.0 Å². The molecule has 2 nitrogen and oxygen atoms in total. The molecule has 0 atom stereocenters. The largest absolute Gasteiger partial charge is 0.493 e. The van der Waals surface area contributed by atoms with Crippen molar-refractivity contribution in [3.8, 4) is 5.75 Å². The highest BCUT2D eigenvalue weighted by molar-refractivity contribution is 5.36. The lowest BCUT2D eigenvalue weighted by atomic mass is 10.0. The van der Waals surface area contributed by atoms with Gasteiger partial charge in [-0.3, -0.25) is 4.98 Å². The van der Waals surface area contributed by atoms with Crippen molar-refractivity contribution in [2.24, 2.45) is 0 Å². The second-order valence-corrected chi connectivity index (χ2v) is 4.76. The number of rotatable bonds is 5. The molecular weight excluding hydrogens is 241 g/mol. The van der Waals surface area contributed by atoms with E-state index in [1.165, 1.54) is 12.1 Å². The van der Waals surface area contributed by atoms with E-state index in [9.17, 15) is 4.39 Å². The Morgan fingerprint density at radius 2 is 2.05 bits per heavy atom. The second kappa shape index (κ2) is 6.32. The van der Waals surface area contributed by atoms with E-state index in [2.05, 4.69) is 18.8 Å². The van der Waals surface area contributed by atoms with E-state index < -0.39 is 0 Å². The first-order valence-electron chi connectivity index (χ1n) is 6.49. The number of benzene rings is 1. The Balaban J connectivity index is 2.01. The van der Waals surface area contributed by atoms with Gasteiger partial charge in [-0.1, -0.05) is 26.0 Å². The van der Waals surface area contributed by atoms with Crippen LogP contribution in [0.15, 0.2) is 42.6 Å². The minimum Gasteiger partial charge on any atom is -0.493 e. The molecule has 19 heavy (non-hydrogen) atoms. The quantitative estimate of drug-likeness (QED) is 0.810. The van der Waals surface area contributed by atoms with Crippen LogP contribution in [0.4, 0.5) is 4.39 Å². The topological polar surface area (TPSA) is 22.1 Å². The van der Waals surface area contributed by atoms with Crippen molar-refractivity contribution in [1.82, 2.24) is 4.98 Å². The van der Waals surface area contributed by atoms with Crippen LogP contribution in [-0.2, 0) is 6.42 Å². The molecule has 0 unspecified atom stereocenters. The van der Waals surface area contributed by atoms with Gasteiger partial charge in [-0.25, -0.2) is 4.39 Å². The van der Waals surface area contributed by atoms with Gasteiger partial charge in [0.25, 0.3) is 0 Å². The Morgan fingerprint density at radius 1 is 1.21 bits per heavy atom. The lowest BCUT2D eigenvalue weighted by molar-refractivity contribution is 0.314. The smallest absolute Gasteiger partial charge is 0.126 e. The number of hydrogen-bond donors (Lipinski definition) is 0. The van der Waals surface area contributed by atoms with Crippen LogP contribution < -0.4 is 4.74 Å². The number of ether oxygens (including phenoxy) is 1. The number of hydrogen-bond acceptors (Lipinski definition) is 2. The fraction of sp³-hybridized carbons (Fsp3) is 0.312. The summed E-state index contributed by atoms with van der Waals surface area (Å²) in [5.41, 5.74) is 2.01. The molecule has 0 fully saturated rings. The molecule has 0 aliphatic heterocycles. The number of aromatic nitrogens is 1. The Hall–Kier alpha value is -1.90. The first-order valence-corrected chi connectivity index (χ1v) is 6.49. The fourth-order valence-corrected chi connectivity index (χ4v) is 1.92. The Morgan fingerprint density at radius 3 is 2.74 bits per heavy atom. The van der Waals surface area contributed by atoms with Crippen molar-refractivity contribution in [3.63, 3.8) is 0 Å². The third-order valence-corrected chi connectivity index (χ3v) is 2.94. The second-order valence-electron chi connectivity index (χ2n) is 4.76. The Bertz CT molecular complexity index is 526. The van der Waals surface area contributed by atoms with Crippen LogP contribution in [0.3, 0.4) is 0 Å². The number of halogens is 1. The molecule has 0 aliphatic rings. The molecule has 100 valence electrons. The summed E-state index contributed by atoms with van der Waals surface area (Å²) < 4.78 is 19.0. The lowest BCUT2D eigenvalue weighted by Gasteiger charge is -2.14. The maximum atomic E-state index is 13.3. The van der Waals surface area contributed by atoms with Gasteiger partial charge >= 0.3 is 0 Å². The maximum absolute atomic E-state index is 13.3. The average Bonchev–Trinajstić information content (AvgIpc) is 2.39. The number of nitrogens with zero attached hydrogens (tertiary/aromatic N) is 1. The van der Waals surface area contributed by atoms with Crippen LogP contribution in [0.5, 0.6) is 5.75 Å². The maximum Gasteiger partial charge on any atom is 0.126 e. The summed E-state index contributed by atoms with van der Waals surface area (Å²) in [5, 5.41) is 0. The summed E-state index contributed by atoms with van der Waals surface area (Å²) >= 11 is 0.